The molecule has 0 saturated carbocycles. The first-order valence-electron chi connectivity index (χ1n) is 3.81. The third-order valence-electron chi connectivity index (χ3n) is 1.79. The van der Waals surface area contributed by atoms with Crippen molar-refractivity contribution in [3.8, 4) is 5.69 Å². The van der Waals surface area contributed by atoms with Crippen LogP contribution in [0.5, 0.6) is 0 Å². The van der Waals surface area contributed by atoms with Gasteiger partial charge >= 0.3 is 0 Å². The van der Waals surface area contributed by atoms with E-state index in [1.165, 1.54) is 0 Å². The molecule has 4 heteroatoms. The minimum absolute atomic E-state index is 0.740. The van der Waals surface area contributed by atoms with Crippen LogP contribution in [0.15, 0.2) is 41.4 Å². The maximum Gasteiger partial charge on any atom is 0.0991 e. The average molecular weight is 238 g/mol. The molecule has 0 unspecified atom stereocenters. The van der Waals surface area contributed by atoms with Gasteiger partial charge in [-0.3, -0.25) is 0 Å². The van der Waals surface area contributed by atoms with Crippen LogP contribution in [-0.4, -0.2) is 9.55 Å². The molecule has 13 heavy (non-hydrogen) atoms. The predicted octanol–water partition coefficient (Wildman–Crippen LogP) is 2.22. The molecule has 0 aliphatic carbocycles. The molecule has 1 aromatic heterocycles. The second-order valence-corrected chi connectivity index (χ2v) is 3.53. The van der Waals surface area contributed by atoms with Gasteiger partial charge in [0.25, 0.3) is 0 Å². The minimum atomic E-state index is 0.740. The Hall–Kier alpha value is -1.29. The van der Waals surface area contributed by atoms with Crippen molar-refractivity contribution in [2.75, 3.05) is 5.73 Å². The van der Waals surface area contributed by atoms with Crippen molar-refractivity contribution in [1.29, 1.82) is 0 Å². The average Bonchev–Trinajstić information content (AvgIpc) is 2.62. The van der Waals surface area contributed by atoms with Gasteiger partial charge in [-0.1, -0.05) is 0 Å². The van der Waals surface area contributed by atoms with Gasteiger partial charge in [0.2, 0.25) is 0 Å². The first kappa shape index (κ1) is 8.31. The summed E-state index contributed by atoms with van der Waals surface area (Å²) >= 11 is 3.37. The zero-order valence-electron chi connectivity index (χ0n) is 6.81. The van der Waals surface area contributed by atoms with Crippen LogP contribution in [0.4, 0.5) is 5.69 Å². The lowest BCUT2D eigenvalue weighted by Gasteiger charge is -2.03. The third kappa shape index (κ3) is 1.58. The molecule has 0 fully saturated rings. The monoisotopic (exact) mass is 237 g/mol. The third-order valence-corrected chi connectivity index (χ3v) is 2.47. The highest BCUT2D eigenvalue weighted by molar-refractivity contribution is 9.10. The predicted molar refractivity (Wildman–Crippen MR) is 55.7 cm³/mol. The van der Waals surface area contributed by atoms with Gasteiger partial charge in [-0.15, -0.1) is 0 Å². The highest BCUT2D eigenvalue weighted by atomic mass is 79.9. The summed E-state index contributed by atoms with van der Waals surface area (Å²) in [6.45, 7) is 0. The van der Waals surface area contributed by atoms with Crippen LogP contribution >= 0.6 is 15.9 Å². The number of aromatic nitrogens is 2. The van der Waals surface area contributed by atoms with Crippen molar-refractivity contribution in [3.63, 3.8) is 0 Å². The molecule has 1 heterocycles. The SMILES string of the molecule is Nc1ccc(-n2ccnc2)cc1Br. The number of nitrogens with zero attached hydrogens (tertiary/aromatic N) is 2. The number of imidazole rings is 1. The number of hydrogen-bond donors (Lipinski definition) is 1. The first-order chi connectivity index (χ1) is 6.27. The number of nitrogens with two attached hydrogens (primary N) is 1. The lowest BCUT2D eigenvalue weighted by Crippen LogP contribution is -1.92. The summed E-state index contributed by atoms with van der Waals surface area (Å²) in [5.41, 5.74) is 7.45. The summed E-state index contributed by atoms with van der Waals surface area (Å²) in [5.74, 6) is 0. The maximum absolute atomic E-state index is 5.67. The first-order valence-corrected chi connectivity index (χ1v) is 4.60. The molecule has 0 amide bonds. The summed E-state index contributed by atoms with van der Waals surface area (Å²) in [7, 11) is 0. The van der Waals surface area contributed by atoms with Crippen molar-refractivity contribution in [2.45, 2.75) is 0 Å². The molecular formula is C9H8BrN3. The molecule has 0 spiro atoms. The molecule has 2 aromatic rings. The fourth-order valence-corrected chi connectivity index (χ4v) is 1.46. The van der Waals surface area contributed by atoms with Gasteiger partial charge < -0.3 is 10.3 Å². The van der Waals surface area contributed by atoms with Gasteiger partial charge in [-0.2, -0.15) is 0 Å². The number of rotatable bonds is 1. The van der Waals surface area contributed by atoms with E-state index >= 15 is 0 Å². The van der Waals surface area contributed by atoms with Gasteiger partial charge in [0.1, 0.15) is 0 Å². The normalized spacial score (nSPS) is 10.2. The minimum Gasteiger partial charge on any atom is -0.398 e. The lowest BCUT2D eigenvalue weighted by molar-refractivity contribution is 1.06. The van der Waals surface area contributed by atoms with E-state index in [-0.39, 0.29) is 0 Å². The highest BCUT2D eigenvalue weighted by Crippen LogP contribution is 2.22. The van der Waals surface area contributed by atoms with Crippen LogP contribution < -0.4 is 5.73 Å². The molecule has 0 aliphatic heterocycles. The largest absolute Gasteiger partial charge is 0.398 e. The Morgan fingerprint density at radius 3 is 2.85 bits per heavy atom. The van der Waals surface area contributed by atoms with Crippen LogP contribution in [0.1, 0.15) is 0 Å². The van der Waals surface area contributed by atoms with Crippen LogP contribution in [0, 0.1) is 0 Å². The van der Waals surface area contributed by atoms with Crippen LogP contribution in [0.3, 0.4) is 0 Å². The second-order valence-electron chi connectivity index (χ2n) is 2.68. The van der Waals surface area contributed by atoms with Crippen molar-refractivity contribution in [1.82, 2.24) is 9.55 Å². The van der Waals surface area contributed by atoms with E-state index in [9.17, 15) is 0 Å². The van der Waals surface area contributed by atoms with E-state index < -0.39 is 0 Å². The van der Waals surface area contributed by atoms with Crippen LogP contribution in [0.25, 0.3) is 5.69 Å². The fourth-order valence-electron chi connectivity index (χ4n) is 1.09. The fraction of sp³-hybridized carbons (Fsp3) is 0. The van der Waals surface area contributed by atoms with Gasteiger partial charge in [0.05, 0.1) is 6.33 Å². The van der Waals surface area contributed by atoms with E-state index in [1.807, 2.05) is 29.0 Å². The number of nitrogen functional groups attached to an aromatic ring is 1. The van der Waals surface area contributed by atoms with Crippen molar-refractivity contribution < 1.29 is 0 Å². The topological polar surface area (TPSA) is 43.8 Å². The molecule has 0 atom stereocenters. The molecule has 0 radical (unpaired) electrons. The van der Waals surface area contributed by atoms with Gasteiger partial charge in [0.15, 0.2) is 0 Å². The molecule has 2 N–H and O–H groups in total. The Morgan fingerprint density at radius 1 is 1.38 bits per heavy atom. The van der Waals surface area contributed by atoms with E-state index in [4.69, 9.17) is 5.73 Å². The summed E-state index contributed by atoms with van der Waals surface area (Å²) in [6.07, 6.45) is 5.38. The molecule has 0 saturated heterocycles. The van der Waals surface area contributed by atoms with Crippen molar-refractivity contribution in [2.24, 2.45) is 0 Å². The lowest BCUT2D eigenvalue weighted by atomic mass is 10.3. The van der Waals surface area contributed by atoms with E-state index in [0.717, 1.165) is 15.8 Å². The molecule has 3 nitrogen and oxygen atoms in total. The summed E-state index contributed by atoms with van der Waals surface area (Å²) < 4.78 is 2.82. The Kier molecular flexibility index (Phi) is 2.06. The Balaban J connectivity index is 2.49. The summed E-state index contributed by atoms with van der Waals surface area (Å²) in [4.78, 5) is 3.97. The van der Waals surface area contributed by atoms with Crippen molar-refractivity contribution in [3.05, 3.63) is 41.4 Å². The number of halogens is 1. The van der Waals surface area contributed by atoms with Gasteiger partial charge in [-0.05, 0) is 34.1 Å². The van der Waals surface area contributed by atoms with E-state index in [2.05, 4.69) is 20.9 Å². The molecule has 1 aromatic carbocycles. The molecular weight excluding hydrogens is 230 g/mol. The maximum atomic E-state index is 5.67. The van der Waals surface area contributed by atoms with Gasteiger partial charge in [0, 0.05) is 28.2 Å². The zero-order valence-corrected chi connectivity index (χ0v) is 8.40. The quantitative estimate of drug-likeness (QED) is 0.774. The van der Waals surface area contributed by atoms with Crippen LogP contribution in [-0.2, 0) is 0 Å². The number of benzene rings is 1. The molecule has 66 valence electrons. The van der Waals surface area contributed by atoms with E-state index in [0.29, 0.717) is 0 Å². The number of anilines is 1. The Labute approximate surface area is 84.3 Å². The Bertz CT molecular complexity index is 409. The molecule has 2 rings (SSSR count). The molecule has 0 aliphatic rings. The van der Waals surface area contributed by atoms with Gasteiger partial charge in [-0.25, -0.2) is 4.98 Å². The van der Waals surface area contributed by atoms with Crippen molar-refractivity contribution >= 4 is 21.6 Å². The summed E-state index contributed by atoms with van der Waals surface area (Å²) in [5, 5.41) is 0. The smallest absolute Gasteiger partial charge is 0.0991 e. The Morgan fingerprint density at radius 2 is 2.23 bits per heavy atom. The standard InChI is InChI=1S/C9H8BrN3/c10-8-5-7(1-2-9(8)11)13-4-3-12-6-13/h1-6H,11H2. The zero-order chi connectivity index (χ0) is 9.26. The van der Waals surface area contributed by atoms with E-state index in [1.54, 1.807) is 12.5 Å². The summed E-state index contributed by atoms with van der Waals surface area (Å²) in [6, 6.07) is 5.76. The van der Waals surface area contributed by atoms with Crippen LogP contribution in [0.2, 0.25) is 0 Å². The highest BCUT2D eigenvalue weighted by Gasteiger charge is 1.98. The molecule has 0 bridgehead atoms. The second kappa shape index (κ2) is 3.22. The number of hydrogen-bond acceptors (Lipinski definition) is 2.